The number of ether oxygens (including phenoxy) is 1. The highest BCUT2D eigenvalue weighted by molar-refractivity contribution is 8.03. The number of aromatic hydroxyl groups is 1. The van der Waals surface area contributed by atoms with Crippen LogP contribution >= 0.6 is 23.4 Å². The third kappa shape index (κ3) is 1.96. The Kier molecular flexibility index (Phi) is 2.73. The normalized spacial score (nSPS) is 13.3. The van der Waals surface area contributed by atoms with Crippen LogP contribution in [0.5, 0.6) is 11.5 Å². The number of phenolic OH excluding ortho intramolecular Hbond substituents is 1. The van der Waals surface area contributed by atoms with Gasteiger partial charge in [-0.1, -0.05) is 23.7 Å². The van der Waals surface area contributed by atoms with E-state index in [1.807, 2.05) is 24.3 Å². The van der Waals surface area contributed by atoms with Crippen LogP contribution in [0.25, 0.3) is 11.1 Å². The highest BCUT2D eigenvalue weighted by atomic mass is 35.5. The first-order valence-electron chi connectivity index (χ1n) is 5.31. The predicted octanol–water partition coefficient (Wildman–Crippen LogP) is 4.67. The summed E-state index contributed by atoms with van der Waals surface area (Å²) in [6.07, 6.45) is 0. The van der Waals surface area contributed by atoms with Gasteiger partial charge in [-0.3, -0.25) is 0 Å². The summed E-state index contributed by atoms with van der Waals surface area (Å²) in [4.78, 5) is 0.870. The maximum absolute atomic E-state index is 9.76. The highest BCUT2D eigenvalue weighted by Crippen LogP contribution is 2.49. The van der Waals surface area contributed by atoms with E-state index in [0.717, 1.165) is 21.8 Å². The molecule has 1 heterocycles. The van der Waals surface area contributed by atoms with Crippen molar-refractivity contribution < 1.29 is 9.84 Å². The molecular formula is C14H9ClO2S. The summed E-state index contributed by atoms with van der Waals surface area (Å²) in [6, 6.07) is 10.8. The molecule has 1 N–H and O–H groups in total. The quantitative estimate of drug-likeness (QED) is 0.821. The highest BCUT2D eigenvalue weighted by Gasteiger charge is 2.22. The summed E-state index contributed by atoms with van der Waals surface area (Å²) in [5.41, 5.74) is 1.73. The number of thioether (sulfide) groups is 1. The Bertz CT molecular complexity index is 652. The lowest BCUT2D eigenvalue weighted by Crippen LogP contribution is -1.86. The van der Waals surface area contributed by atoms with Crippen LogP contribution in [0.1, 0.15) is 0 Å². The van der Waals surface area contributed by atoms with Gasteiger partial charge < -0.3 is 9.84 Å². The fourth-order valence-corrected chi connectivity index (χ4v) is 2.88. The molecule has 0 fully saturated rings. The number of rotatable bonds is 1. The van der Waals surface area contributed by atoms with E-state index in [9.17, 15) is 5.11 Å². The van der Waals surface area contributed by atoms with E-state index in [1.165, 1.54) is 11.8 Å². The topological polar surface area (TPSA) is 29.5 Å². The molecule has 2 nitrogen and oxygen atoms in total. The van der Waals surface area contributed by atoms with Crippen molar-refractivity contribution in [3.63, 3.8) is 0 Å². The van der Waals surface area contributed by atoms with Crippen molar-refractivity contribution in [2.75, 3.05) is 0 Å². The molecule has 0 radical (unpaired) electrons. The van der Waals surface area contributed by atoms with Gasteiger partial charge in [0.05, 0.1) is 4.90 Å². The van der Waals surface area contributed by atoms with Crippen LogP contribution in [0, 0.1) is 0 Å². The van der Waals surface area contributed by atoms with Crippen molar-refractivity contribution in [1.82, 2.24) is 0 Å². The summed E-state index contributed by atoms with van der Waals surface area (Å²) in [6.45, 7) is 3.78. The molecule has 0 spiro atoms. The molecule has 0 aromatic heterocycles. The summed E-state index contributed by atoms with van der Waals surface area (Å²) in [5, 5.41) is 11.0. The van der Waals surface area contributed by atoms with Gasteiger partial charge in [-0.2, -0.15) is 0 Å². The van der Waals surface area contributed by atoms with Gasteiger partial charge in [0.2, 0.25) is 0 Å². The number of fused-ring (bicyclic) bond motifs is 1. The number of phenols is 1. The van der Waals surface area contributed by atoms with Gasteiger partial charge in [0.15, 0.2) is 5.09 Å². The lowest BCUT2D eigenvalue weighted by atomic mass is 10.0. The van der Waals surface area contributed by atoms with Crippen molar-refractivity contribution in [2.45, 2.75) is 4.90 Å². The molecule has 4 heteroatoms. The molecule has 1 aliphatic rings. The Morgan fingerprint density at radius 1 is 1.22 bits per heavy atom. The first kappa shape index (κ1) is 11.5. The van der Waals surface area contributed by atoms with Gasteiger partial charge in [-0.15, -0.1) is 0 Å². The molecule has 3 rings (SSSR count). The van der Waals surface area contributed by atoms with Gasteiger partial charge in [0.25, 0.3) is 0 Å². The van der Waals surface area contributed by atoms with E-state index in [1.54, 1.807) is 12.1 Å². The fraction of sp³-hybridized carbons (Fsp3) is 0. The molecule has 0 atom stereocenters. The molecule has 2 aromatic carbocycles. The van der Waals surface area contributed by atoms with Crippen LogP contribution in [0.4, 0.5) is 0 Å². The Morgan fingerprint density at radius 3 is 2.83 bits per heavy atom. The molecular weight excluding hydrogens is 268 g/mol. The summed E-state index contributed by atoms with van der Waals surface area (Å²) in [5.74, 6) is 0.930. The standard InChI is InChI=1S/C14H9ClO2S/c1-8-17-14-12(6-11(16)7-13(14)18-8)9-3-2-4-10(15)5-9/h2-7,16H,1H2. The fourth-order valence-electron chi connectivity index (χ4n) is 1.90. The van der Waals surface area contributed by atoms with Gasteiger partial charge >= 0.3 is 0 Å². The first-order valence-corrected chi connectivity index (χ1v) is 6.50. The van der Waals surface area contributed by atoms with Gasteiger partial charge in [0, 0.05) is 10.6 Å². The van der Waals surface area contributed by atoms with E-state index >= 15 is 0 Å². The minimum Gasteiger partial charge on any atom is -0.508 e. The maximum Gasteiger partial charge on any atom is 0.158 e. The van der Waals surface area contributed by atoms with E-state index in [2.05, 4.69) is 6.58 Å². The van der Waals surface area contributed by atoms with Crippen LogP contribution in [0.15, 0.2) is 53.0 Å². The molecule has 0 bridgehead atoms. The molecule has 0 saturated carbocycles. The predicted molar refractivity (Wildman–Crippen MR) is 74.2 cm³/mol. The van der Waals surface area contributed by atoms with Gasteiger partial charge in [-0.05, 0) is 48.2 Å². The summed E-state index contributed by atoms with van der Waals surface area (Å²) < 4.78 is 5.60. The average molecular weight is 277 g/mol. The van der Waals surface area contributed by atoms with E-state index in [0.29, 0.717) is 10.1 Å². The SMILES string of the molecule is C=C1Oc2c(cc(O)cc2-c2cccc(Cl)c2)S1. The Balaban J connectivity index is 2.21. The molecule has 90 valence electrons. The molecule has 2 aromatic rings. The van der Waals surface area contributed by atoms with Gasteiger partial charge in [-0.25, -0.2) is 0 Å². The average Bonchev–Trinajstić information content (AvgIpc) is 2.68. The Hall–Kier alpha value is -1.58. The van der Waals surface area contributed by atoms with Crippen molar-refractivity contribution in [3.8, 4) is 22.6 Å². The third-order valence-electron chi connectivity index (χ3n) is 2.61. The lowest BCUT2D eigenvalue weighted by molar-refractivity contribution is 0.458. The van der Waals surface area contributed by atoms with Crippen molar-refractivity contribution in [2.24, 2.45) is 0 Å². The molecule has 0 amide bonds. The molecule has 0 unspecified atom stereocenters. The zero-order chi connectivity index (χ0) is 12.7. The van der Waals surface area contributed by atoms with Crippen LogP contribution in [0.3, 0.4) is 0 Å². The second kappa shape index (κ2) is 4.26. The lowest BCUT2D eigenvalue weighted by Gasteiger charge is -2.08. The smallest absolute Gasteiger partial charge is 0.158 e. The van der Waals surface area contributed by atoms with E-state index in [4.69, 9.17) is 16.3 Å². The number of hydrogen-bond donors (Lipinski definition) is 1. The molecule has 1 aliphatic heterocycles. The molecule has 0 aliphatic carbocycles. The maximum atomic E-state index is 9.76. The monoisotopic (exact) mass is 276 g/mol. The second-order valence-corrected chi connectivity index (χ2v) is 5.44. The number of benzene rings is 2. The largest absolute Gasteiger partial charge is 0.508 e. The van der Waals surface area contributed by atoms with Crippen LogP contribution in [0.2, 0.25) is 5.02 Å². The van der Waals surface area contributed by atoms with E-state index in [-0.39, 0.29) is 5.75 Å². The number of halogens is 1. The van der Waals surface area contributed by atoms with E-state index < -0.39 is 0 Å². The zero-order valence-electron chi connectivity index (χ0n) is 9.31. The van der Waals surface area contributed by atoms with Crippen molar-refractivity contribution in [1.29, 1.82) is 0 Å². The minimum atomic E-state index is 0.203. The molecule has 0 saturated heterocycles. The van der Waals surface area contributed by atoms with Crippen molar-refractivity contribution in [3.05, 3.63) is 53.1 Å². The third-order valence-corrected chi connectivity index (χ3v) is 3.68. The first-order chi connectivity index (χ1) is 8.63. The minimum absolute atomic E-state index is 0.203. The van der Waals surface area contributed by atoms with Crippen LogP contribution < -0.4 is 4.74 Å². The summed E-state index contributed by atoms with van der Waals surface area (Å²) >= 11 is 7.40. The Labute approximate surface area is 114 Å². The summed E-state index contributed by atoms with van der Waals surface area (Å²) in [7, 11) is 0. The zero-order valence-corrected chi connectivity index (χ0v) is 10.9. The number of hydrogen-bond acceptors (Lipinski definition) is 3. The second-order valence-electron chi connectivity index (χ2n) is 3.91. The Morgan fingerprint density at radius 2 is 2.06 bits per heavy atom. The van der Waals surface area contributed by atoms with Gasteiger partial charge in [0.1, 0.15) is 11.5 Å². The molecule has 18 heavy (non-hydrogen) atoms. The van der Waals surface area contributed by atoms with Crippen LogP contribution in [-0.4, -0.2) is 5.11 Å². The van der Waals surface area contributed by atoms with Crippen molar-refractivity contribution >= 4 is 23.4 Å². The van der Waals surface area contributed by atoms with Crippen LogP contribution in [-0.2, 0) is 0 Å².